The molecule has 1 unspecified atom stereocenters. The number of nitrogens with two attached hydrogens (primary N) is 1. The Hall–Kier alpha value is -2.13. The second-order valence-electron chi connectivity index (χ2n) is 4.02. The lowest BCUT2D eigenvalue weighted by molar-refractivity contribution is 0.808. The first-order valence-corrected chi connectivity index (χ1v) is 5.59. The van der Waals surface area contributed by atoms with Crippen LogP contribution in [0.2, 0.25) is 0 Å². The Morgan fingerprint density at radius 3 is 2.71 bits per heavy atom. The van der Waals surface area contributed by atoms with Crippen LogP contribution < -0.4 is 5.73 Å². The zero-order valence-electron chi connectivity index (χ0n) is 9.30. The molecule has 0 saturated heterocycles. The molecule has 0 saturated carbocycles. The molecule has 2 aromatic carbocycles. The number of benzene rings is 2. The third-order valence-corrected chi connectivity index (χ3v) is 2.97. The van der Waals surface area contributed by atoms with Gasteiger partial charge in [-0.2, -0.15) is 0 Å². The van der Waals surface area contributed by atoms with E-state index in [0.717, 1.165) is 11.4 Å². The molecule has 1 atom stereocenters. The van der Waals surface area contributed by atoms with Crippen molar-refractivity contribution in [2.45, 2.75) is 6.04 Å². The Labute approximate surface area is 99.3 Å². The molecule has 1 heterocycles. The van der Waals surface area contributed by atoms with Gasteiger partial charge in [-0.3, -0.25) is 0 Å². The molecule has 0 amide bonds. The average Bonchev–Trinajstić information content (AvgIpc) is 2.91. The van der Waals surface area contributed by atoms with Gasteiger partial charge in [0, 0.05) is 12.4 Å². The Kier molecular flexibility index (Phi) is 2.38. The lowest BCUT2D eigenvalue weighted by atomic mass is 9.99. The molecule has 3 heteroatoms. The van der Waals surface area contributed by atoms with Crippen LogP contribution >= 0.6 is 0 Å². The van der Waals surface area contributed by atoms with Gasteiger partial charge in [-0.1, -0.05) is 42.5 Å². The van der Waals surface area contributed by atoms with Gasteiger partial charge in [-0.05, 0) is 16.3 Å². The summed E-state index contributed by atoms with van der Waals surface area (Å²) in [5, 5.41) is 2.38. The molecule has 3 aromatic rings. The Morgan fingerprint density at radius 2 is 1.88 bits per heavy atom. The van der Waals surface area contributed by atoms with Crippen LogP contribution in [0, 0.1) is 0 Å². The summed E-state index contributed by atoms with van der Waals surface area (Å²) in [6, 6.07) is 14.2. The maximum Gasteiger partial charge on any atom is 0.127 e. The van der Waals surface area contributed by atoms with Crippen LogP contribution in [0.15, 0.2) is 54.9 Å². The maximum atomic E-state index is 6.23. The molecular formula is C14H13N3. The first kappa shape index (κ1) is 10.1. The van der Waals surface area contributed by atoms with Crippen LogP contribution in [0.4, 0.5) is 0 Å². The van der Waals surface area contributed by atoms with Crippen molar-refractivity contribution >= 4 is 10.8 Å². The van der Waals surface area contributed by atoms with E-state index in [2.05, 4.69) is 34.2 Å². The van der Waals surface area contributed by atoms with Gasteiger partial charge in [0.15, 0.2) is 0 Å². The van der Waals surface area contributed by atoms with Crippen molar-refractivity contribution in [2.24, 2.45) is 5.73 Å². The molecular weight excluding hydrogens is 210 g/mol. The van der Waals surface area contributed by atoms with E-state index in [4.69, 9.17) is 5.73 Å². The highest BCUT2D eigenvalue weighted by atomic mass is 14.9. The van der Waals surface area contributed by atoms with E-state index >= 15 is 0 Å². The van der Waals surface area contributed by atoms with Crippen LogP contribution in [0.25, 0.3) is 10.8 Å². The van der Waals surface area contributed by atoms with Crippen molar-refractivity contribution < 1.29 is 0 Å². The summed E-state index contributed by atoms with van der Waals surface area (Å²) in [7, 11) is 0. The van der Waals surface area contributed by atoms with Crippen molar-refractivity contribution in [3.8, 4) is 0 Å². The van der Waals surface area contributed by atoms with Crippen molar-refractivity contribution in [1.82, 2.24) is 9.97 Å². The average molecular weight is 223 g/mol. The van der Waals surface area contributed by atoms with Crippen molar-refractivity contribution in [3.63, 3.8) is 0 Å². The number of nitrogens with one attached hydrogen (secondary N) is 1. The van der Waals surface area contributed by atoms with Crippen LogP contribution in [0.3, 0.4) is 0 Å². The number of aromatic amines is 1. The van der Waals surface area contributed by atoms with Crippen LogP contribution in [0.5, 0.6) is 0 Å². The first-order chi connectivity index (χ1) is 8.36. The molecule has 0 fully saturated rings. The van der Waals surface area contributed by atoms with Crippen molar-refractivity contribution in [3.05, 3.63) is 66.2 Å². The molecule has 0 spiro atoms. The number of hydrogen-bond donors (Lipinski definition) is 2. The summed E-state index contributed by atoms with van der Waals surface area (Å²) in [6.45, 7) is 0. The Morgan fingerprint density at radius 1 is 1.06 bits per heavy atom. The summed E-state index contributed by atoms with van der Waals surface area (Å²) in [6.07, 6.45) is 3.51. The molecule has 84 valence electrons. The zero-order chi connectivity index (χ0) is 11.7. The van der Waals surface area contributed by atoms with Gasteiger partial charge in [0.1, 0.15) is 5.82 Å². The van der Waals surface area contributed by atoms with Gasteiger partial charge < -0.3 is 10.7 Å². The lowest BCUT2D eigenvalue weighted by Gasteiger charge is -2.12. The number of nitrogens with zero attached hydrogens (tertiary/aromatic N) is 1. The quantitative estimate of drug-likeness (QED) is 0.701. The molecule has 3 rings (SSSR count). The summed E-state index contributed by atoms with van der Waals surface area (Å²) < 4.78 is 0. The van der Waals surface area contributed by atoms with E-state index in [9.17, 15) is 0 Å². The minimum atomic E-state index is -0.212. The summed E-state index contributed by atoms with van der Waals surface area (Å²) in [4.78, 5) is 7.28. The van der Waals surface area contributed by atoms with E-state index in [0.29, 0.717) is 0 Å². The highest BCUT2D eigenvalue weighted by molar-refractivity contribution is 5.86. The number of imidazole rings is 1. The fraction of sp³-hybridized carbons (Fsp3) is 0.0714. The zero-order valence-corrected chi connectivity index (χ0v) is 9.30. The first-order valence-electron chi connectivity index (χ1n) is 5.59. The maximum absolute atomic E-state index is 6.23. The summed E-state index contributed by atoms with van der Waals surface area (Å²) in [5.41, 5.74) is 7.33. The number of H-pyrrole nitrogens is 1. The lowest BCUT2D eigenvalue weighted by Crippen LogP contribution is -2.13. The topological polar surface area (TPSA) is 54.7 Å². The molecule has 0 aliphatic heterocycles. The number of rotatable bonds is 2. The van der Waals surface area contributed by atoms with E-state index in [1.54, 1.807) is 12.4 Å². The second-order valence-corrected chi connectivity index (χ2v) is 4.02. The molecule has 3 nitrogen and oxygen atoms in total. The highest BCUT2D eigenvalue weighted by Crippen LogP contribution is 2.25. The van der Waals surface area contributed by atoms with Gasteiger partial charge in [0.25, 0.3) is 0 Å². The van der Waals surface area contributed by atoms with Gasteiger partial charge in [-0.15, -0.1) is 0 Å². The number of fused-ring (bicyclic) bond motifs is 1. The predicted octanol–water partition coefficient (Wildman–Crippen LogP) is 2.61. The molecule has 0 radical (unpaired) electrons. The largest absolute Gasteiger partial charge is 0.347 e. The van der Waals surface area contributed by atoms with Crippen LogP contribution in [-0.2, 0) is 0 Å². The fourth-order valence-corrected chi connectivity index (χ4v) is 2.12. The molecule has 0 aliphatic rings. The summed E-state index contributed by atoms with van der Waals surface area (Å²) >= 11 is 0. The Balaban J connectivity index is 2.17. The predicted molar refractivity (Wildman–Crippen MR) is 68.6 cm³/mol. The fourth-order valence-electron chi connectivity index (χ4n) is 2.12. The third kappa shape index (κ3) is 1.70. The summed E-state index contributed by atoms with van der Waals surface area (Å²) in [5.74, 6) is 0.793. The van der Waals surface area contributed by atoms with Gasteiger partial charge in [-0.25, -0.2) is 4.98 Å². The molecule has 1 aromatic heterocycles. The standard InChI is InChI=1S/C14H13N3/c15-13(14-16-8-9-17-14)12-7-3-5-10-4-1-2-6-11(10)12/h1-9,13H,15H2,(H,16,17). The smallest absolute Gasteiger partial charge is 0.127 e. The second kappa shape index (κ2) is 4.03. The van der Waals surface area contributed by atoms with Crippen molar-refractivity contribution in [1.29, 1.82) is 0 Å². The van der Waals surface area contributed by atoms with E-state index in [-0.39, 0.29) is 6.04 Å². The normalized spacial score (nSPS) is 12.8. The molecule has 0 bridgehead atoms. The highest BCUT2D eigenvalue weighted by Gasteiger charge is 2.13. The van der Waals surface area contributed by atoms with E-state index < -0.39 is 0 Å². The SMILES string of the molecule is NC(c1ncc[nH]1)c1cccc2ccccc12. The van der Waals surface area contributed by atoms with Crippen LogP contribution in [0.1, 0.15) is 17.4 Å². The van der Waals surface area contributed by atoms with Gasteiger partial charge in [0.05, 0.1) is 6.04 Å². The van der Waals surface area contributed by atoms with Gasteiger partial charge in [0.2, 0.25) is 0 Å². The van der Waals surface area contributed by atoms with E-state index in [1.807, 2.05) is 18.2 Å². The van der Waals surface area contributed by atoms with E-state index in [1.165, 1.54) is 10.8 Å². The number of aromatic nitrogens is 2. The van der Waals surface area contributed by atoms with Crippen LogP contribution in [-0.4, -0.2) is 9.97 Å². The van der Waals surface area contributed by atoms with Gasteiger partial charge >= 0.3 is 0 Å². The molecule has 17 heavy (non-hydrogen) atoms. The minimum Gasteiger partial charge on any atom is -0.347 e. The third-order valence-electron chi connectivity index (χ3n) is 2.97. The molecule has 3 N–H and O–H groups in total. The minimum absolute atomic E-state index is 0.212. The number of hydrogen-bond acceptors (Lipinski definition) is 2. The van der Waals surface area contributed by atoms with Crippen molar-refractivity contribution in [2.75, 3.05) is 0 Å². The Bertz CT molecular complexity index is 624. The monoisotopic (exact) mass is 223 g/mol. The molecule has 0 aliphatic carbocycles.